The van der Waals surface area contributed by atoms with Crippen LogP contribution in [-0.4, -0.2) is 65.1 Å². The highest BCUT2D eigenvalue weighted by Crippen LogP contribution is 2.24. The maximum atomic E-state index is 13.0. The summed E-state index contributed by atoms with van der Waals surface area (Å²) in [6.07, 6.45) is 5.65. The van der Waals surface area contributed by atoms with E-state index >= 15 is 0 Å². The van der Waals surface area contributed by atoms with Gasteiger partial charge in [-0.25, -0.2) is 4.98 Å². The third-order valence-electron chi connectivity index (χ3n) is 6.14. The van der Waals surface area contributed by atoms with Gasteiger partial charge in [0.15, 0.2) is 11.5 Å². The first-order chi connectivity index (χ1) is 14.0. The number of nitrogens with zero attached hydrogens (tertiary/aromatic N) is 3. The number of rotatable bonds is 5. The first kappa shape index (κ1) is 20.4. The summed E-state index contributed by atoms with van der Waals surface area (Å²) in [7, 11) is 0. The fraction of sp³-hybridized carbons (Fsp3) is 0.652. The van der Waals surface area contributed by atoms with Crippen molar-refractivity contribution in [3.8, 4) is 0 Å². The molecule has 2 fully saturated rings. The Balaban J connectivity index is 1.37. The predicted molar refractivity (Wildman–Crippen MR) is 113 cm³/mol. The summed E-state index contributed by atoms with van der Waals surface area (Å²) in [4.78, 5) is 22.2. The molecule has 1 amide bonds. The number of morpholine rings is 1. The average Bonchev–Trinajstić information content (AvgIpc) is 3.13. The quantitative estimate of drug-likeness (QED) is 0.764. The highest BCUT2D eigenvalue weighted by atomic mass is 16.5. The number of carbonyl (C=O) groups is 1. The number of benzene rings is 1. The van der Waals surface area contributed by atoms with Crippen LogP contribution in [-0.2, 0) is 11.2 Å². The molecule has 2 atom stereocenters. The number of hydrogen-bond acceptors (Lipinski definition) is 5. The number of carbonyl (C=O) groups excluding carboxylic acids is 1. The van der Waals surface area contributed by atoms with Crippen molar-refractivity contribution in [2.24, 2.45) is 0 Å². The van der Waals surface area contributed by atoms with E-state index in [-0.39, 0.29) is 18.1 Å². The Kier molecular flexibility index (Phi) is 6.20. The van der Waals surface area contributed by atoms with Crippen molar-refractivity contribution in [3.05, 3.63) is 29.7 Å². The van der Waals surface area contributed by atoms with Gasteiger partial charge >= 0.3 is 0 Å². The molecule has 2 saturated heterocycles. The molecule has 0 aliphatic carbocycles. The van der Waals surface area contributed by atoms with E-state index < -0.39 is 0 Å². The van der Waals surface area contributed by atoms with Gasteiger partial charge in [-0.2, -0.15) is 0 Å². The van der Waals surface area contributed by atoms with E-state index in [9.17, 15) is 4.79 Å². The summed E-state index contributed by atoms with van der Waals surface area (Å²) in [5.41, 5.74) is 2.26. The maximum absolute atomic E-state index is 13.0. The van der Waals surface area contributed by atoms with E-state index in [1.54, 1.807) is 0 Å². The zero-order valence-corrected chi connectivity index (χ0v) is 17.9. The summed E-state index contributed by atoms with van der Waals surface area (Å²) >= 11 is 0. The molecule has 0 unspecified atom stereocenters. The minimum absolute atomic E-state index is 0.104. The number of likely N-dealkylation sites (tertiary alicyclic amines) is 1. The Hall–Kier alpha value is -1.92. The van der Waals surface area contributed by atoms with Gasteiger partial charge in [-0.1, -0.05) is 13.3 Å². The normalized spacial score (nSPS) is 24.3. The smallest absolute Gasteiger partial charge is 0.253 e. The van der Waals surface area contributed by atoms with Gasteiger partial charge in [0.2, 0.25) is 0 Å². The van der Waals surface area contributed by atoms with Crippen LogP contribution in [0.1, 0.15) is 62.7 Å². The van der Waals surface area contributed by atoms with Gasteiger partial charge in [0, 0.05) is 44.2 Å². The van der Waals surface area contributed by atoms with Gasteiger partial charge in [-0.05, 0) is 51.3 Å². The van der Waals surface area contributed by atoms with Crippen LogP contribution in [0.15, 0.2) is 22.6 Å². The van der Waals surface area contributed by atoms with Crippen LogP contribution in [0.2, 0.25) is 0 Å². The predicted octanol–water partition coefficient (Wildman–Crippen LogP) is 3.88. The molecule has 2 aromatic rings. The molecule has 4 rings (SSSR count). The van der Waals surface area contributed by atoms with E-state index in [4.69, 9.17) is 9.15 Å². The lowest BCUT2D eigenvalue weighted by Gasteiger charge is -2.43. The minimum Gasteiger partial charge on any atom is -0.441 e. The molecule has 1 aromatic heterocycles. The van der Waals surface area contributed by atoms with Crippen LogP contribution >= 0.6 is 0 Å². The third kappa shape index (κ3) is 4.64. The first-order valence-electron chi connectivity index (χ1n) is 11.1. The number of aryl methyl sites for hydroxylation is 1. The number of ether oxygens (including phenoxy) is 1. The van der Waals surface area contributed by atoms with E-state index in [0.29, 0.717) is 11.6 Å². The zero-order chi connectivity index (χ0) is 20.4. The lowest BCUT2D eigenvalue weighted by Crippen LogP contribution is -2.53. The molecule has 6 nitrogen and oxygen atoms in total. The second kappa shape index (κ2) is 8.84. The van der Waals surface area contributed by atoms with Crippen LogP contribution in [0, 0.1) is 0 Å². The monoisotopic (exact) mass is 399 g/mol. The standard InChI is InChI=1S/C23H33N3O3/c1-4-5-6-22-24-20-13-18(7-8-21(20)29-22)23(27)25-11-9-19(10-12-25)26-14-16(2)28-17(3)15-26/h7-8,13,16-17,19H,4-6,9-12,14-15H2,1-3H3/t16-,17+. The summed E-state index contributed by atoms with van der Waals surface area (Å²) in [5, 5.41) is 0. The Labute approximate surface area is 173 Å². The molecule has 1 aromatic carbocycles. The second-order valence-corrected chi connectivity index (χ2v) is 8.63. The van der Waals surface area contributed by atoms with E-state index in [1.165, 1.54) is 0 Å². The van der Waals surface area contributed by atoms with Gasteiger partial charge in [-0.15, -0.1) is 0 Å². The Bertz CT molecular complexity index is 831. The van der Waals surface area contributed by atoms with Gasteiger partial charge in [0.1, 0.15) is 5.52 Å². The molecular formula is C23H33N3O3. The number of amides is 1. The van der Waals surface area contributed by atoms with Crippen molar-refractivity contribution in [1.29, 1.82) is 0 Å². The van der Waals surface area contributed by atoms with Crippen LogP contribution in [0.4, 0.5) is 0 Å². The highest BCUT2D eigenvalue weighted by Gasteiger charge is 2.31. The molecule has 158 valence electrons. The second-order valence-electron chi connectivity index (χ2n) is 8.63. The summed E-state index contributed by atoms with van der Waals surface area (Å²) in [6.45, 7) is 10.1. The summed E-state index contributed by atoms with van der Waals surface area (Å²) < 4.78 is 11.7. The maximum Gasteiger partial charge on any atom is 0.253 e. The number of unbranched alkanes of at least 4 members (excludes halogenated alkanes) is 1. The van der Waals surface area contributed by atoms with Crippen molar-refractivity contribution >= 4 is 17.0 Å². The van der Waals surface area contributed by atoms with Crippen molar-refractivity contribution in [3.63, 3.8) is 0 Å². The van der Waals surface area contributed by atoms with Crippen molar-refractivity contribution < 1.29 is 13.9 Å². The summed E-state index contributed by atoms with van der Waals surface area (Å²) in [6, 6.07) is 6.19. The molecule has 0 radical (unpaired) electrons. The topological polar surface area (TPSA) is 58.8 Å². The van der Waals surface area contributed by atoms with Gasteiger partial charge in [0.25, 0.3) is 5.91 Å². The van der Waals surface area contributed by atoms with E-state index in [1.807, 2.05) is 23.1 Å². The highest BCUT2D eigenvalue weighted by molar-refractivity contribution is 5.97. The lowest BCUT2D eigenvalue weighted by molar-refractivity contribution is -0.0856. The molecule has 2 aliphatic rings. The van der Waals surface area contributed by atoms with Crippen LogP contribution < -0.4 is 0 Å². The van der Waals surface area contributed by atoms with Crippen LogP contribution in [0.3, 0.4) is 0 Å². The Morgan fingerprint density at radius 1 is 1.17 bits per heavy atom. The number of piperidine rings is 1. The fourth-order valence-electron chi connectivity index (χ4n) is 4.68. The van der Waals surface area contributed by atoms with E-state index in [0.717, 1.165) is 75.3 Å². The SMILES string of the molecule is CCCCc1nc2cc(C(=O)N3CCC(N4C[C@@H](C)O[C@@H](C)C4)CC3)ccc2o1. The fourth-order valence-corrected chi connectivity index (χ4v) is 4.68. The number of hydrogen-bond donors (Lipinski definition) is 0. The van der Waals surface area contributed by atoms with Crippen LogP contribution in [0.5, 0.6) is 0 Å². The Morgan fingerprint density at radius 2 is 1.90 bits per heavy atom. The Morgan fingerprint density at radius 3 is 2.59 bits per heavy atom. The zero-order valence-electron chi connectivity index (χ0n) is 17.9. The van der Waals surface area contributed by atoms with Gasteiger partial charge < -0.3 is 14.1 Å². The molecular weight excluding hydrogens is 366 g/mol. The number of fused-ring (bicyclic) bond motifs is 1. The minimum atomic E-state index is 0.104. The van der Waals surface area contributed by atoms with E-state index in [2.05, 4.69) is 30.7 Å². The molecule has 0 bridgehead atoms. The van der Waals surface area contributed by atoms with Gasteiger partial charge in [-0.3, -0.25) is 9.69 Å². The molecule has 2 aliphatic heterocycles. The van der Waals surface area contributed by atoms with Gasteiger partial charge in [0.05, 0.1) is 12.2 Å². The van der Waals surface area contributed by atoms with Crippen molar-refractivity contribution in [2.75, 3.05) is 26.2 Å². The largest absolute Gasteiger partial charge is 0.441 e. The number of aromatic nitrogens is 1. The summed E-state index contributed by atoms with van der Waals surface area (Å²) in [5.74, 6) is 0.869. The third-order valence-corrected chi connectivity index (χ3v) is 6.14. The molecule has 6 heteroatoms. The van der Waals surface area contributed by atoms with Crippen molar-refractivity contribution in [1.82, 2.24) is 14.8 Å². The molecule has 0 saturated carbocycles. The molecule has 29 heavy (non-hydrogen) atoms. The van der Waals surface area contributed by atoms with Crippen molar-refractivity contribution in [2.45, 2.75) is 71.1 Å². The molecule has 0 spiro atoms. The molecule has 0 N–H and O–H groups in total. The number of oxazole rings is 1. The molecule has 3 heterocycles. The lowest BCUT2D eigenvalue weighted by atomic mass is 10.0. The van der Waals surface area contributed by atoms with Crippen LogP contribution in [0.25, 0.3) is 11.1 Å². The average molecular weight is 400 g/mol. The first-order valence-corrected chi connectivity index (χ1v) is 11.1.